The largest absolute Gasteiger partial charge is 0.258 e. The lowest BCUT2D eigenvalue weighted by atomic mass is 10.1. The number of allylic oxidation sites excluding steroid dienone is 1. The van der Waals surface area contributed by atoms with E-state index in [-0.39, 0.29) is 0 Å². The van der Waals surface area contributed by atoms with Crippen molar-refractivity contribution in [2.45, 2.75) is 38.5 Å². The van der Waals surface area contributed by atoms with Gasteiger partial charge in [-0.1, -0.05) is 25.0 Å². The minimum atomic E-state index is 1.05. The monoisotopic (exact) mass is 168 g/mol. The Labute approximate surface area is 75.4 Å². The van der Waals surface area contributed by atoms with Crippen LogP contribution in [0.5, 0.6) is 0 Å². The topological polar surface area (TPSA) is 24.1 Å². The highest BCUT2D eigenvalue weighted by Gasteiger charge is 1.90. The standard InChI is InChI=1S/C10H20N2/c1-2-4-6-8-10-12-11-9-7-5-3-1/h3,5,11-12H,1-2,4,6-10H2/b5-3-. The molecule has 0 fully saturated rings. The van der Waals surface area contributed by atoms with Gasteiger partial charge in [0.25, 0.3) is 0 Å². The fourth-order valence-corrected chi connectivity index (χ4v) is 1.40. The van der Waals surface area contributed by atoms with Crippen LogP contribution in [0.4, 0.5) is 0 Å². The van der Waals surface area contributed by atoms with Gasteiger partial charge in [0.05, 0.1) is 0 Å². The fourth-order valence-electron chi connectivity index (χ4n) is 1.40. The van der Waals surface area contributed by atoms with Crippen molar-refractivity contribution in [3.8, 4) is 0 Å². The molecule has 1 heterocycles. The summed E-state index contributed by atoms with van der Waals surface area (Å²) in [5.41, 5.74) is 6.42. The van der Waals surface area contributed by atoms with Gasteiger partial charge >= 0.3 is 0 Å². The average molecular weight is 168 g/mol. The number of hydrogen-bond acceptors (Lipinski definition) is 2. The number of hydrazine groups is 1. The van der Waals surface area contributed by atoms with Crippen LogP contribution in [0.25, 0.3) is 0 Å². The zero-order chi connectivity index (χ0) is 8.49. The van der Waals surface area contributed by atoms with E-state index < -0.39 is 0 Å². The van der Waals surface area contributed by atoms with E-state index in [1.165, 1.54) is 32.1 Å². The quantitative estimate of drug-likeness (QED) is 0.540. The molecule has 0 aliphatic carbocycles. The number of hydrogen-bond donors (Lipinski definition) is 2. The molecule has 2 N–H and O–H groups in total. The Balaban J connectivity index is 2.10. The van der Waals surface area contributed by atoms with Crippen LogP contribution in [-0.4, -0.2) is 13.1 Å². The molecule has 0 radical (unpaired) electrons. The van der Waals surface area contributed by atoms with E-state index in [1.807, 2.05) is 0 Å². The van der Waals surface area contributed by atoms with Gasteiger partial charge in [-0.25, -0.2) is 0 Å². The van der Waals surface area contributed by atoms with E-state index in [0.717, 1.165) is 19.5 Å². The molecule has 2 heteroatoms. The van der Waals surface area contributed by atoms with Crippen molar-refractivity contribution in [3.05, 3.63) is 12.2 Å². The van der Waals surface area contributed by atoms with Crippen molar-refractivity contribution < 1.29 is 0 Å². The van der Waals surface area contributed by atoms with Crippen LogP contribution in [0.2, 0.25) is 0 Å². The molecule has 0 bridgehead atoms. The molecular weight excluding hydrogens is 148 g/mol. The predicted molar refractivity (Wildman–Crippen MR) is 52.8 cm³/mol. The van der Waals surface area contributed by atoms with Crippen LogP contribution in [0.3, 0.4) is 0 Å². The van der Waals surface area contributed by atoms with Crippen LogP contribution in [0.15, 0.2) is 12.2 Å². The lowest BCUT2D eigenvalue weighted by Crippen LogP contribution is -2.33. The molecule has 12 heavy (non-hydrogen) atoms. The summed E-state index contributed by atoms with van der Waals surface area (Å²) in [5.74, 6) is 0. The van der Waals surface area contributed by atoms with Gasteiger partial charge in [-0.2, -0.15) is 0 Å². The van der Waals surface area contributed by atoms with Crippen molar-refractivity contribution >= 4 is 0 Å². The molecule has 0 unspecified atom stereocenters. The van der Waals surface area contributed by atoms with Gasteiger partial charge in [-0.15, -0.1) is 0 Å². The molecule has 0 atom stereocenters. The summed E-state index contributed by atoms with van der Waals surface area (Å²) in [6.07, 6.45) is 12.4. The maximum Gasteiger partial charge on any atom is 0.0134 e. The van der Waals surface area contributed by atoms with Gasteiger partial charge in [0.15, 0.2) is 0 Å². The first-order valence-corrected chi connectivity index (χ1v) is 5.11. The first kappa shape index (κ1) is 9.75. The molecule has 2 nitrogen and oxygen atoms in total. The smallest absolute Gasteiger partial charge is 0.0134 e. The second-order valence-electron chi connectivity index (χ2n) is 3.32. The second-order valence-corrected chi connectivity index (χ2v) is 3.32. The molecule has 0 saturated heterocycles. The Morgan fingerprint density at radius 2 is 1.42 bits per heavy atom. The molecule has 0 aromatic heterocycles. The molecule has 1 aliphatic heterocycles. The zero-order valence-corrected chi connectivity index (χ0v) is 7.81. The first-order chi connectivity index (χ1) is 6.00. The first-order valence-electron chi connectivity index (χ1n) is 5.11. The van der Waals surface area contributed by atoms with Crippen molar-refractivity contribution in [2.75, 3.05) is 13.1 Å². The van der Waals surface area contributed by atoms with Crippen LogP contribution < -0.4 is 10.9 Å². The van der Waals surface area contributed by atoms with E-state index >= 15 is 0 Å². The van der Waals surface area contributed by atoms with Gasteiger partial charge in [0.1, 0.15) is 0 Å². The second kappa shape index (κ2) is 7.32. The lowest BCUT2D eigenvalue weighted by molar-refractivity contribution is 0.505. The van der Waals surface area contributed by atoms with Crippen LogP contribution in [0.1, 0.15) is 38.5 Å². The normalized spacial score (nSPS) is 25.3. The summed E-state index contributed by atoms with van der Waals surface area (Å²) in [7, 11) is 0. The van der Waals surface area contributed by atoms with Gasteiger partial charge in [-0.3, -0.25) is 10.9 Å². The Kier molecular flexibility index (Phi) is 5.94. The molecule has 0 aromatic rings. The molecule has 0 aromatic carbocycles. The number of nitrogens with one attached hydrogen (secondary N) is 2. The summed E-state index contributed by atoms with van der Waals surface area (Å²) in [4.78, 5) is 0. The number of rotatable bonds is 0. The molecular formula is C10H20N2. The summed E-state index contributed by atoms with van der Waals surface area (Å²) in [6.45, 7) is 2.17. The van der Waals surface area contributed by atoms with E-state index in [9.17, 15) is 0 Å². The minimum absolute atomic E-state index is 1.05. The molecule has 0 saturated carbocycles. The maximum absolute atomic E-state index is 3.22. The molecule has 1 aliphatic rings. The summed E-state index contributed by atoms with van der Waals surface area (Å²) in [5, 5.41) is 0. The highest BCUT2D eigenvalue weighted by Crippen LogP contribution is 2.03. The average Bonchev–Trinajstić information content (AvgIpc) is 2.05. The summed E-state index contributed by atoms with van der Waals surface area (Å²) < 4.78 is 0. The van der Waals surface area contributed by atoms with Crippen molar-refractivity contribution in [1.82, 2.24) is 10.9 Å². The Bertz CT molecular complexity index is 107. The van der Waals surface area contributed by atoms with Crippen LogP contribution in [-0.2, 0) is 0 Å². The Morgan fingerprint density at radius 1 is 0.667 bits per heavy atom. The van der Waals surface area contributed by atoms with Crippen LogP contribution in [0, 0.1) is 0 Å². The third-order valence-electron chi connectivity index (χ3n) is 2.15. The third kappa shape index (κ3) is 5.33. The summed E-state index contributed by atoms with van der Waals surface area (Å²) >= 11 is 0. The lowest BCUT2D eigenvalue weighted by Gasteiger charge is -2.06. The van der Waals surface area contributed by atoms with Gasteiger partial charge in [0, 0.05) is 13.1 Å². The predicted octanol–water partition coefficient (Wildman–Crippen LogP) is 1.99. The van der Waals surface area contributed by atoms with Crippen LogP contribution >= 0.6 is 0 Å². The van der Waals surface area contributed by atoms with E-state index in [2.05, 4.69) is 23.0 Å². The van der Waals surface area contributed by atoms with Crippen molar-refractivity contribution in [2.24, 2.45) is 0 Å². The van der Waals surface area contributed by atoms with Gasteiger partial charge < -0.3 is 0 Å². The van der Waals surface area contributed by atoms with Crippen molar-refractivity contribution in [3.63, 3.8) is 0 Å². The Morgan fingerprint density at radius 3 is 2.42 bits per heavy atom. The van der Waals surface area contributed by atoms with Gasteiger partial charge in [-0.05, 0) is 25.7 Å². The van der Waals surface area contributed by atoms with Gasteiger partial charge in [0.2, 0.25) is 0 Å². The molecule has 1 rings (SSSR count). The van der Waals surface area contributed by atoms with E-state index in [4.69, 9.17) is 0 Å². The zero-order valence-electron chi connectivity index (χ0n) is 7.81. The third-order valence-corrected chi connectivity index (χ3v) is 2.15. The maximum atomic E-state index is 3.22. The molecule has 0 spiro atoms. The summed E-state index contributed by atoms with van der Waals surface area (Å²) in [6, 6.07) is 0. The minimum Gasteiger partial charge on any atom is -0.258 e. The fraction of sp³-hybridized carbons (Fsp3) is 0.800. The molecule has 0 amide bonds. The molecule has 70 valence electrons. The highest BCUT2D eigenvalue weighted by molar-refractivity contribution is 4.81. The van der Waals surface area contributed by atoms with E-state index in [1.54, 1.807) is 0 Å². The SMILES string of the molecule is C1=C\CCNNCCCCCC/1. The highest BCUT2D eigenvalue weighted by atomic mass is 15.3. The van der Waals surface area contributed by atoms with E-state index in [0.29, 0.717) is 0 Å². The Hall–Kier alpha value is -0.340. The van der Waals surface area contributed by atoms with Crippen molar-refractivity contribution in [1.29, 1.82) is 0 Å².